The van der Waals surface area contributed by atoms with Gasteiger partial charge in [-0.3, -0.25) is 20.2 Å². The van der Waals surface area contributed by atoms with Crippen LogP contribution in [-0.4, -0.2) is 20.5 Å². The van der Waals surface area contributed by atoms with Gasteiger partial charge in [-0.15, -0.1) is 23.4 Å². The number of halogens is 1. The SMILES string of the molecule is O=[N+]([O-])c1ccc([C@@H]2Nc3ccc4ccccc4c3[C@@H]3[C@H](Cl)[C@H](Sc4ccccc4[N+](=O)[O-])C[C@@H]32)cc1. The van der Waals surface area contributed by atoms with Gasteiger partial charge >= 0.3 is 0 Å². The number of anilines is 1. The van der Waals surface area contributed by atoms with Crippen LogP contribution >= 0.6 is 23.4 Å². The van der Waals surface area contributed by atoms with Crippen LogP contribution in [0.1, 0.15) is 29.5 Å². The Labute approximate surface area is 222 Å². The maximum Gasteiger partial charge on any atom is 0.282 e. The average molecular weight is 532 g/mol. The van der Waals surface area contributed by atoms with Gasteiger partial charge in [0.1, 0.15) is 0 Å². The summed E-state index contributed by atoms with van der Waals surface area (Å²) in [6.45, 7) is 0. The molecule has 9 heteroatoms. The smallest absolute Gasteiger partial charge is 0.282 e. The fourth-order valence-electron chi connectivity index (χ4n) is 5.90. The number of hydrogen-bond acceptors (Lipinski definition) is 6. The Morgan fingerprint density at radius 2 is 1.59 bits per heavy atom. The van der Waals surface area contributed by atoms with Crippen molar-refractivity contribution in [3.8, 4) is 0 Å². The molecule has 1 N–H and O–H groups in total. The number of thioether (sulfide) groups is 1. The summed E-state index contributed by atoms with van der Waals surface area (Å²) in [5.41, 5.74) is 3.27. The molecular weight excluding hydrogens is 510 g/mol. The number of non-ortho nitro benzene ring substituents is 1. The van der Waals surface area contributed by atoms with Crippen molar-refractivity contribution >= 4 is 51.2 Å². The van der Waals surface area contributed by atoms with Crippen LogP contribution in [0.5, 0.6) is 0 Å². The van der Waals surface area contributed by atoms with Gasteiger partial charge in [0.25, 0.3) is 11.4 Å². The Hall–Kier alpha value is -3.62. The molecule has 0 amide bonds. The fraction of sp³-hybridized carbons (Fsp3) is 0.214. The maximum absolute atomic E-state index is 11.7. The van der Waals surface area contributed by atoms with Gasteiger partial charge in [0.15, 0.2) is 0 Å². The van der Waals surface area contributed by atoms with E-state index in [4.69, 9.17) is 11.6 Å². The minimum Gasteiger partial charge on any atom is -0.378 e. The molecule has 6 rings (SSSR count). The highest BCUT2D eigenvalue weighted by atomic mass is 35.5. The summed E-state index contributed by atoms with van der Waals surface area (Å²) < 4.78 is 0. The summed E-state index contributed by atoms with van der Waals surface area (Å²) in [5.74, 6) is 0.104. The molecule has 0 radical (unpaired) electrons. The minimum atomic E-state index is -0.397. The lowest BCUT2D eigenvalue weighted by Crippen LogP contribution is -2.31. The Bertz CT molecular complexity index is 1530. The van der Waals surface area contributed by atoms with E-state index in [0.717, 1.165) is 28.4 Å². The quantitative estimate of drug-likeness (QED) is 0.161. The fourth-order valence-corrected chi connectivity index (χ4v) is 7.84. The highest BCUT2D eigenvalue weighted by molar-refractivity contribution is 8.00. The normalized spacial score (nSPS) is 24.2. The Kier molecular flexibility index (Phi) is 6.01. The van der Waals surface area contributed by atoms with Gasteiger partial charge in [0.2, 0.25) is 0 Å². The van der Waals surface area contributed by atoms with Crippen LogP contribution in [0.2, 0.25) is 0 Å². The molecule has 4 aromatic rings. The van der Waals surface area contributed by atoms with E-state index in [1.165, 1.54) is 35.5 Å². The van der Waals surface area contributed by atoms with Crippen LogP contribution in [0.25, 0.3) is 10.8 Å². The molecule has 2 aliphatic rings. The van der Waals surface area contributed by atoms with Crippen molar-refractivity contribution in [3.05, 3.63) is 116 Å². The standard InChI is InChI=1S/C28H22ClN3O4S/c29-27-24(37-23-8-4-3-7-22(23)32(35)36)15-20-26(27)25-19-6-2-1-5-16(19)11-14-21(25)30-28(20)17-9-12-18(13-10-17)31(33)34/h1-14,20,24,26-28,30H,15H2/t20-,24+,26+,27+,28-/m0/s1. The number of hydrogen-bond donors (Lipinski definition) is 1. The van der Waals surface area contributed by atoms with Crippen molar-refractivity contribution in [1.82, 2.24) is 0 Å². The maximum atomic E-state index is 11.7. The third-order valence-corrected chi connectivity index (χ3v) is 9.62. The topological polar surface area (TPSA) is 98.3 Å². The summed E-state index contributed by atoms with van der Waals surface area (Å²) in [6.07, 6.45) is 0.743. The highest BCUT2D eigenvalue weighted by Crippen LogP contribution is 2.59. The second kappa shape index (κ2) is 9.36. The van der Waals surface area contributed by atoms with Crippen LogP contribution < -0.4 is 5.32 Å². The molecule has 0 spiro atoms. The van der Waals surface area contributed by atoms with E-state index >= 15 is 0 Å². The first-order valence-corrected chi connectivity index (χ1v) is 13.3. The second-order valence-corrected chi connectivity index (χ2v) is 11.3. The van der Waals surface area contributed by atoms with Crippen molar-refractivity contribution < 1.29 is 9.85 Å². The van der Waals surface area contributed by atoms with E-state index in [0.29, 0.717) is 4.90 Å². The minimum absolute atomic E-state index is 0.00415. The Morgan fingerprint density at radius 3 is 2.35 bits per heavy atom. The zero-order valence-corrected chi connectivity index (χ0v) is 21.1. The number of alkyl halides is 1. The first kappa shape index (κ1) is 23.8. The van der Waals surface area contributed by atoms with Gasteiger partial charge in [-0.2, -0.15) is 0 Å². The molecule has 5 atom stereocenters. The lowest BCUT2D eigenvalue weighted by atomic mass is 9.75. The molecule has 1 aliphatic heterocycles. The summed E-state index contributed by atoms with van der Waals surface area (Å²) in [5, 5.41) is 28.5. The van der Waals surface area contributed by atoms with Crippen LogP contribution in [0.3, 0.4) is 0 Å². The van der Waals surface area contributed by atoms with Gasteiger partial charge < -0.3 is 5.32 Å². The molecule has 0 unspecified atom stereocenters. The van der Waals surface area contributed by atoms with E-state index in [-0.39, 0.29) is 44.8 Å². The molecule has 7 nitrogen and oxygen atoms in total. The zero-order chi connectivity index (χ0) is 25.7. The molecule has 1 aliphatic carbocycles. The number of para-hydroxylation sites is 1. The molecule has 0 saturated heterocycles. The molecule has 4 aromatic carbocycles. The van der Waals surface area contributed by atoms with Gasteiger partial charge in [-0.25, -0.2) is 0 Å². The molecule has 37 heavy (non-hydrogen) atoms. The van der Waals surface area contributed by atoms with Gasteiger partial charge in [0.05, 0.1) is 26.2 Å². The van der Waals surface area contributed by atoms with E-state index < -0.39 is 4.92 Å². The van der Waals surface area contributed by atoms with Crippen molar-refractivity contribution in [2.75, 3.05) is 5.32 Å². The third kappa shape index (κ3) is 4.10. The summed E-state index contributed by atoms with van der Waals surface area (Å²) in [7, 11) is 0. The van der Waals surface area contributed by atoms with E-state index in [1.54, 1.807) is 12.1 Å². The van der Waals surface area contributed by atoms with Crippen LogP contribution in [-0.2, 0) is 0 Å². The average Bonchev–Trinajstić information content (AvgIpc) is 3.23. The van der Waals surface area contributed by atoms with Crippen molar-refractivity contribution in [2.45, 2.75) is 33.9 Å². The van der Waals surface area contributed by atoms with Crippen LogP contribution in [0, 0.1) is 26.1 Å². The molecular formula is C28H22ClN3O4S. The van der Waals surface area contributed by atoms with E-state index in [1.807, 2.05) is 30.3 Å². The monoisotopic (exact) mass is 531 g/mol. The summed E-state index contributed by atoms with van der Waals surface area (Å²) in [6, 6.07) is 25.8. The van der Waals surface area contributed by atoms with Crippen LogP contribution in [0.15, 0.2) is 89.8 Å². The molecule has 186 valence electrons. The second-order valence-electron chi connectivity index (χ2n) is 9.47. The molecule has 1 fully saturated rings. The predicted octanol–water partition coefficient (Wildman–Crippen LogP) is 7.69. The van der Waals surface area contributed by atoms with Crippen molar-refractivity contribution in [1.29, 1.82) is 0 Å². The molecule has 0 bridgehead atoms. The lowest BCUT2D eigenvalue weighted by molar-refractivity contribution is -0.387. The lowest BCUT2D eigenvalue weighted by Gasteiger charge is -2.39. The first-order valence-electron chi connectivity index (χ1n) is 12.0. The highest BCUT2D eigenvalue weighted by Gasteiger charge is 2.51. The number of fused-ring (bicyclic) bond motifs is 5. The third-order valence-electron chi connectivity index (χ3n) is 7.51. The molecule has 0 aromatic heterocycles. The number of nitrogens with one attached hydrogen (secondary N) is 1. The van der Waals surface area contributed by atoms with E-state index in [2.05, 4.69) is 29.6 Å². The van der Waals surface area contributed by atoms with Crippen molar-refractivity contribution in [3.63, 3.8) is 0 Å². The molecule has 1 saturated carbocycles. The van der Waals surface area contributed by atoms with Crippen LogP contribution in [0.4, 0.5) is 17.1 Å². The number of nitro groups is 2. The van der Waals surface area contributed by atoms with Gasteiger partial charge in [-0.05, 0) is 46.4 Å². The number of rotatable bonds is 5. The van der Waals surface area contributed by atoms with E-state index in [9.17, 15) is 20.2 Å². The van der Waals surface area contributed by atoms with Gasteiger partial charge in [-0.1, -0.05) is 54.6 Å². The number of nitrogens with zero attached hydrogens (tertiary/aromatic N) is 2. The predicted molar refractivity (Wildman–Crippen MR) is 147 cm³/mol. The van der Waals surface area contributed by atoms with Crippen molar-refractivity contribution in [2.24, 2.45) is 5.92 Å². The number of nitro benzene ring substituents is 2. The molecule has 1 heterocycles. The largest absolute Gasteiger partial charge is 0.378 e. The Balaban J connectivity index is 1.44. The summed E-state index contributed by atoms with van der Waals surface area (Å²) >= 11 is 8.75. The first-order chi connectivity index (χ1) is 17.9. The number of benzene rings is 4. The summed E-state index contributed by atoms with van der Waals surface area (Å²) in [4.78, 5) is 22.7. The Morgan fingerprint density at radius 1 is 0.865 bits per heavy atom. The van der Waals surface area contributed by atoms with Gasteiger partial charge in [0, 0.05) is 35.1 Å². The zero-order valence-electron chi connectivity index (χ0n) is 19.5.